The molecule has 1 aromatic carbocycles. The first-order chi connectivity index (χ1) is 18.6. The number of nitrogens with zero attached hydrogens (tertiary/aromatic N) is 5. The van der Waals surface area contributed by atoms with Crippen molar-refractivity contribution in [2.24, 2.45) is 0 Å². The third-order valence-corrected chi connectivity index (χ3v) is 7.97. The van der Waals surface area contributed by atoms with Gasteiger partial charge in [0.25, 0.3) is 5.91 Å². The number of amides is 1. The molecule has 2 aliphatic heterocycles. The number of fused-ring (bicyclic) bond motifs is 9. The van der Waals surface area contributed by atoms with E-state index < -0.39 is 44.2 Å². The summed E-state index contributed by atoms with van der Waals surface area (Å²) >= 11 is 0. The molecule has 190 valence electrons. The molecule has 4 aromatic rings. The maximum atomic E-state index is 13.5. The normalized spacial score (nSPS) is 20.6. The predicted octanol–water partition coefficient (Wildman–Crippen LogP) is 4.76. The first-order valence-electron chi connectivity index (χ1n) is 12.8. The molecule has 3 aromatic heterocycles. The largest absolute Gasteiger partial charge is 0.573 e. The summed E-state index contributed by atoms with van der Waals surface area (Å²) in [6.45, 7) is 0.320. The topological polar surface area (TPSA) is 90.2 Å². The second-order valence-corrected chi connectivity index (χ2v) is 12.5. The van der Waals surface area contributed by atoms with Crippen molar-refractivity contribution < 1.29 is 31.4 Å². The molecule has 5 heterocycles. The number of benzene rings is 1. The molecule has 0 saturated heterocycles. The number of alkyl halides is 3. The van der Waals surface area contributed by atoms with Crippen LogP contribution in [-0.2, 0) is 4.57 Å². The van der Waals surface area contributed by atoms with E-state index in [1.807, 2.05) is 0 Å². The number of halogens is 3. The summed E-state index contributed by atoms with van der Waals surface area (Å²) in [5.74, 6) is -1.32. The van der Waals surface area contributed by atoms with Crippen LogP contribution in [-0.4, -0.2) is 57.0 Å². The zero-order chi connectivity index (χ0) is 28.8. The van der Waals surface area contributed by atoms with Gasteiger partial charge in [-0.3, -0.25) is 9.78 Å². The Balaban J connectivity index is 1.57. The molecule has 0 saturated carbocycles. The van der Waals surface area contributed by atoms with Crippen LogP contribution in [0.4, 0.5) is 13.2 Å². The van der Waals surface area contributed by atoms with Gasteiger partial charge in [0.05, 0.1) is 23.2 Å². The maximum absolute atomic E-state index is 13.5. The molecule has 8 nitrogen and oxygen atoms in total. The lowest BCUT2D eigenvalue weighted by molar-refractivity contribution is -0.275. The first kappa shape index (κ1) is 20.4. The Kier molecular flexibility index (Phi) is 4.34. The zero-order valence-electron chi connectivity index (χ0n) is 22.5. The van der Waals surface area contributed by atoms with Crippen molar-refractivity contribution in [1.29, 1.82) is 0 Å². The summed E-state index contributed by atoms with van der Waals surface area (Å²) in [6, 6.07) is 8.38. The van der Waals surface area contributed by atoms with Crippen LogP contribution in [0.2, 0.25) is 0 Å². The average molecular weight is 530 g/mol. The van der Waals surface area contributed by atoms with Crippen LogP contribution in [0.5, 0.6) is 5.75 Å². The second-order valence-electron chi connectivity index (χ2n) is 9.34. The highest BCUT2D eigenvalue weighted by atomic mass is 31.2. The summed E-state index contributed by atoms with van der Waals surface area (Å²) in [4.78, 5) is 27.8. The molecule has 1 amide bonds. The third-order valence-electron chi connectivity index (χ3n) is 6.60. The lowest BCUT2D eigenvalue weighted by Crippen LogP contribution is -2.31. The Labute approximate surface area is 213 Å². The minimum absolute atomic E-state index is 0.0297. The van der Waals surface area contributed by atoms with Gasteiger partial charge in [-0.1, -0.05) is 6.07 Å². The van der Waals surface area contributed by atoms with Gasteiger partial charge in [0.15, 0.2) is 5.65 Å². The van der Waals surface area contributed by atoms with Gasteiger partial charge >= 0.3 is 6.36 Å². The van der Waals surface area contributed by atoms with Gasteiger partial charge in [-0.25, -0.2) is 9.97 Å². The van der Waals surface area contributed by atoms with E-state index in [4.69, 9.17) is 9.10 Å². The molecular formula is C25H21F3N5O3P. The van der Waals surface area contributed by atoms with Gasteiger partial charge in [-0.15, -0.1) is 13.2 Å². The molecule has 2 bridgehead atoms. The molecule has 0 fully saturated rings. The van der Waals surface area contributed by atoms with E-state index in [0.717, 1.165) is 6.07 Å². The van der Waals surface area contributed by atoms with Crippen molar-refractivity contribution in [3.63, 3.8) is 0 Å². The highest BCUT2D eigenvalue weighted by Crippen LogP contribution is 2.50. The van der Waals surface area contributed by atoms with Gasteiger partial charge in [-0.05, 0) is 49.7 Å². The van der Waals surface area contributed by atoms with E-state index in [0.29, 0.717) is 32.8 Å². The highest BCUT2D eigenvalue weighted by molar-refractivity contribution is 7.69. The summed E-state index contributed by atoms with van der Waals surface area (Å²) in [6.07, 6.45) is -3.54. The first-order valence-corrected chi connectivity index (χ1v) is 13.9. The summed E-state index contributed by atoms with van der Waals surface area (Å²) in [5.41, 5.74) is 1.93. The van der Waals surface area contributed by atoms with Crippen molar-refractivity contribution in [1.82, 2.24) is 24.4 Å². The van der Waals surface area contributed by atoms with E-state index in [1.165, 1.54) is 18.3 Å². The molecule has 0 spiro atoms. The van der Waals surface area contributed by atoms with Crippen LogP contribution in [0.15, 0.2) is 48.7 Å². The molecular weight excluding hydrogens is 506 g/mol. The minimum Gasteiger partial charge on any atom is -0.405 e. The van der Waals surface area contributed by atoms with Crippen LogP contribution in [0.25, 0.3) is 22.4 Å². The fourth-order valence-corrected chi connectivity index (χ4v) is 5.77. The number of ether oxygens (including phenoxy) is 1. The smallest absolute Gasteiger partial charge is 0.405 e. The monoisotopic (exact) mass is 530 g/mol. The number of pyridine rings is 2. The van der Waals surface area contributed by atoms with Crippen molar-refractivity contribution in [3.05, 3.63) is 65.6 Å². The van der Waals surface area contributed by atoms with Crippen LogP contribution in [0.1, 0.15) is 44.4 Å². The molecule has 2 atom stereocenters. The van der Waals surface area contributed by atoms with Gasteiger partial charge in [0, 0.05) is 40.4 Å². The van der Waals surface area contributed by atoms with Crippen LogP contribution in [0, 0.1) is 0 Å². The van der Waals surface area contributed by atoms with Gasteiger partial charge < -0.3 is 18.8 Å². The second kappa shape index (κ2) is 7.89. The summed E-state index contributed by atoms with van der Waals surface area (Å²) < 4.78 is 82.7. The van der Waals surface area contributed by atoms with Gasteiger partial charge in [0.2, 0.25) is 0 Å². The lowest BCUT2D eigenvalue weighted by Gasteiger charge is -2.24. The number of hydrogen-bond donors (Lipinski definition) is 0. The fourth-order valence-electron chi connectivity index (χ4n) is 5.00. The van der Waals surface area contributed by atoms with Gasteiger partial charge in [-0.2, -0.15) is 0 Å². The molecule has 0 unspecified atom stereocenters. The van der Waals surface area contributed by atoms with Crippen molar-refractivity contribution >= 4 is 29.6 Å². The number of carbonyl (C=O) groups is 1. The Morgan fingerprint density at radius 1 is 1.11 bits per heavy atom. The number of hydrogen-bond acceptors (Lipinski definition) is 6. The highest BCUT2D eigenvalue weighted by Gasteiger charge is 2.46. The van der Waals surface area contributed by atoms with Crippen molar-refractivity contribution in [2.45, 2.75) is 24.9 Å². The van der Waals surface area contributed by atoms with Gasteiger partial charge in [0.1, 0.15) is 24.2 Å². The molecule has 0 aliphatic carbocycles. The average Bonchev–Trinajstić information content (AvgIpc) is 3.34. The van der Waals surface area contributed by atoms with E-state index in [-0.39, 0.29) is 23.4 Å². The molecule has 2 aliphatic rings. The molecule has 6 rings (SSSR count). The fraction of sp³-hybridized carbons (Fsp3) is 0.280. The van der Waals surface area contributed by atoms with Crippen LogP contribution >= 0.6 is 7.14 Å². The Morgan fingerprint density at radius 2 is 1.92 bits per heavy atom. The van der Waals surface area contributed by atoms with E-state index in [9.17, 15) is 22.5 Å². The minimum atomic E-state index is -5.04. The lowest BCUT2D eigenvalue weighted by atomic mass is 9.98. The predicted molar refractivity (Wildman–Crippen MR) is 131 cm³/mol. The Morgan fingerprint density at radius 3 is 2.59 bits per heavy atom. The van der Waals surface area contributed by atoms with Crippen LogP contribution in [0.3, 0.4) is 0 Å². The molecule has 0 radical (unpaired) electrons. The summed E-state index contributed by atoms with van der Waals surface area (Å²) in [7, 11) is -2.58. The quantitative estimate of drug-likeness (QED) is 0.355. The van der Waals surface area contributed by atoms with Crippen LogP contribution < -0.4 is 10.2 Å². The Hall–Kier alpha value is -3.72. The van der Waals surface area contributed by atoms with E-state index >= 15 is 0 Å². The number of aromatic nitrogens is 4. The standard InChI is InChI=1S/C25H21F3N5O3P/c1-32-18-11-17(21-14(24(32)34)5-4-6-19(21)36-25(26,27)28)33-22-16(31-23(18)33)9-8-15(30-22)13-7-10-20(29-12-13)37(2,3)35/h4-10,12,17-18H,11H2,1-3H3/t17-,18-/m1/s1/i1D3. The number of carbonyl (C=O) groups excluding carboxylic acids is 1. The zero-order valence-corrected chi connectivity index (χ0v) is 20.4. The molecule has 12 heteroatoms. The molecule has 0 N–H and O–H groups in total. The third kappa shape index (κ3) is 3.80. The maximum Gasteiger partial charge on any atom is 0.573 e. The number of imidazole rings is 1. The molecule has 37 heavy (non-hydrogen) atoms. The number of rotatable bonds is 3. The Bertz CT molecular complexity index is 1730. The van der Waals surface area contributed by atoms with Crippen molar-refractivity contribution in [2.75, 3.05) is 20.3 Å². The summed E-state index contributed by atoms with van der Waals surface area (Å²) in [5, 5.41) is 0. The SMILES string of the molecule is [2H]C([2H])([2H])N1C(=O)c2cccc(OC(F)(F)F)c2[C@H]2C[C@@H]1c1nc3ccc(-c4ccc(P(C)(C)=O)nc4)nc3n12. The van der Waals surface area contributed by atoms with Crippen molar-refractivity contribution in [3.8, 4) is 17.0 Å². The van der Waals surface area contributed by atoms with E-state index in [1.54, 1.807) is 42.2 Å². The van der Waals surface area contributed by atoms with E-state index in [2.05, 4.69) is 14.7 Å².